The van der Waals surface area contributed by atoms with Crippen molar-refractivity contribution in [1.29, 1.82) is 0 Å². The molecular weight excluding hydrogens is 360 g/mol. The second-order valence-electron chi connectivity index (χ2n) is 7.76. The number of likely N-dealkylation sites (N-methyl/N-ethyl adjacent to an activating group) is 1. The van der Waals surface area contributed by atoms with Gasteiger partial charge in [-0.2, -0.15) is 0 Å². The topological polar surface area (TPSA) is 41.6 Å². The molecule has 0 aliphatic rings. The molecule has 0 aliphatic heterocycles. The lowest BCUT2D eigenvalue weighted by Crippen LogP contribution is -2.36. The molecule has 0 heterocycles. The van der Waals surface area contributed by atoms with Crippen LogP contribution in [0.15, 0.2) is 54.6 Å². The van der Waals surface area contributed by atoms with Crippen molar-refractivity contribution in [3.63, 3.8) is 0 Å². The quantitative estimate of drug-likeness (QED) is 0.770. The number of nitrogens with one attached hydrogen (secondary N) is 1. The van der Waals surface area contributed by atoms with E-state index in [1.54, 1.807) is 0 Å². The van der Waals surface area contributed by atoms with Crippen molar-refractivity contribution in [3.05, 3.63) is 65.7 Å². The lowest BCUT2D eigenvalue weighted by molar-refractivity contribution is -0.123. The summed E-state index contributed by atoms with van der Waals surface area (Å²) in [5.41, 5.74) is 2.63. The number of ether oxygens (including phenoxy) is 1. The second kappa shape index (κ2) is 10.3. The molecule has 0 aliphatic carbocycles. The Labute approximate surface area is 169 Å². The molecular formula is C22H31ClN2O2. The van der Waals surface area contributed by atoms with Crippen LogP contribution in [0.5, 0.6) is 5.75 Å². The molecule has 2 aromatic carbocycles. The summed E-state index contributed by atoms with van der Waals surface area (Å²) < 4.78 is 5.49. The van der Waals surface area contributed by atoms with Crippen molar-refractivity contribution < 1.29 is 9.53 Å². The zero-order chi connectivity index (χ0) is 19.2. The van der Waals surface area contributed by atoms with E-state index in [2.05, 4.69) is 55.3 Å². The number of nitrogens with zero attached hydrogens (tertiary/aromatic N) is 1. The number of carbonyl (C=O) groups excluding carboxylic acids is 1. The van der Waals surface area contributed by atoms with Gasteiger partial charge in [-0.3, -0.25) is 4.79 Å². The Morgan fingerprint density at radius 1 is 1.04 bits per heavy atom. The standard InChI is InChI=1S/C22H30N2O2.ClH/c1-22(2,3)18-13-11-17(12-14-18)20(24(4)5)15-23-21(25)16-26-19-9-7-6-8-10-19;/h6-14,20H,15-16H2,1-5H3,(H,23,25);1H. The maximum atomic E-state index is 12.1. The normalized spacial score (nSPS) is 12.2. The molecule has 148 valence electrons. The fourth-order valence-corrected chi connectivity index (χ4v) is 2.73. The number of para-hydroxylation sites is 1. The van der Waals surface area contributed by atoms with Crippen LogP contribution in [0.1, 0.15) is 37.9 Å². The van der Waals surface area contributed by atoms with Gasteiger partial charge in [0, 0.05) is 6.54 Å². The molecule has 2 rings (SSSR count). The summed E-state index contributed by atoms with van der Waals surface area (Å²) in [6.45, 7) is 7.18. The van der Waals surface area contributed by atoms with Gasteiger partial charge >= 0.3 is 0 Å². The van der Waals surface area contributed by atoms with Crippen molar-refractivity contribution in [1.82, 2.24) is 10.2 Å². The minimum absolute atomic E-state index is 0. The first-order valence-electron chi connectivity index (χ1n) is 8.99. The molecule has 0 spiro atoms. The number of carbonyl (C=O) groups is 1. The third-order valence-corrected chi connectivity index (χ3v) is 4.39. The van der Waals surface area contributed by atoms with E-state index in [0.29, 0.717) is 12.3 Å². The van der Waals surface area contributed by atoms with Crippen LogP contribution in [0.25, 0.3) is 0 Å². The molecule has 0 saturated carbocycles. The Morgan fingerprint density at radius 3 is 2.15 bits per heavy atom. The van der Waals surface area contributed by atoms with Crippen LogP contribution in [0.3, 0.4) is 0 Å². The zero-order valence-electron chi connectivity index (χ0n) is 16.9. The Hall–Kier alpha value is -2.04. The first kappa shape index (κ1) is 23.0. The minimum atomic E-state index is -0.119. The lowest BCUT2D eigenvalue weighted by Gasteiger charge is -2.26. The summed E-state index contributed by atoms with van der Waals surface area (Å²) in [5.74, 6) is 0.580. The summed E-state index contributed by atoms with van der Waals surface area (Å²) in [7, 11) is 4.05. The van der Waals surface area contributed by atoms with E-state index >= 15 is 0 Å². The summed E-state index contributed by atoms with van der Waals surface area (Å²) in [5, 5.41) is 2.97. The summed E-state index contributed by atoms with van der Waals surface area (Å²) >= 11 is 0. The molecule has 1 N–H and O–H groups in total. The van der Waals surface area contributed by atoms with Crippen LogP contribution >= 0.6 is 12.4 Å². The Bertz CT molecular complexity index is 695. The summed E-state index contributed by atoms with van der Waals surface area (Å²) in [6.07, 6.45) is 0. The first-order chi connectivity index (χ1) is 12.3. The first-order valence-corrected chi connectivity index (χ1v) is 8.99. The van der Waals surface area contributed by atoms with Crippen LogP contribution in [0.4, 0.5) is 0 Å². The number of benzene rings is 2. The highest BCUT2D eigenvalue weighted by molar-refractivity contribution is 5.85. The summed E-state index contributed by atoms with van der Waals surface area (Å²) in [4.78, 5) is 14.2. The Balaban J connectivity index is 0.00000364. The maximum absolute atomic E-state index is 12.1. The van der Waals surface area contributed by atoms with E-state index in [4.69, 9.17) is 4.74 Å². The van der Waals surface area contributed by atoms with Crippen molar-refractivity contribution in [2.45, 2.75) is 32.2 Å². The molecule has 0 radical (unpaired) electrons. The van der Waals surface area contributed by atoms with Gasteiger partial charge in [-0.15, -0.1) is 12.4 Å². The molecule has 0 bridgehead atoms. The van der Waals surface area contributed by atoms with Gasteiger partial charge in [-0.1, -0.05) is 63.2 Å². The van der Waals surface area contributed by atoms with Crippen molar-refractivity contribution in [2.24, 2.45) is 0 Å². The number of amides is 1. The van der Waals surface area contributed by atoms with E-state index < -0.39 is 0 Å². The zero-order valence-corrected chi connectivity index (χ0v) is 17.7. The highest BCUT2D eigenvalue weighted by Crippen LogP contribution is 2.25. The smallest absolute Gasteiger partial charge is 0.258 e. The molecule has 1 unspecified atom stereocenters. The van der Waals surface area contributed by atoms with E-state index in [-0.39, 0.29) is 36.4 Å². The fraction of sp³-hybridized carbons (Fsp3) is 0.409. The third-order valence-electron chi connectivity index (χ3n) is 4.39. The highest BCUT2D eigenvalue weighted by atomic mass is 35.5. The molecule has 0 saturated heterocycles. The Morgan fingerprint density at radius 2 is 1.63 bits per heavy atom. The number of hydrogen-bond donors (Lipinski definition) is 1. The van der Waals surface area contributed by atoms with E-state index in [0.717, 1.165) is 0 Å². The van der Waals surface area contributed by atoms with E-state index in [1.165, 1.54) is 11.1 Å². The van der Waals surface area contributed by atoms with Gasteiger partial charge in [0.15, 0.2) is 6.61 Å². The molecule has 1 atom stereocenters. The third kappa shape index (κ3) is 7.24. The van der Waals surface area contributed by atoms with Crippen LogP contribution in [0, 0.1) is 0 Å². The van der Waals surface area contributed by atoms with Crippen molar-refractivity contribution in [3.8, 4) is 5.75 Å². The van der Waals surface area contributed by atoms with Gasteiger partial charge in [-0.25, -0.2) is 0 Å². The average molecular weight is 391 g/mol. The monoisotopic (exact) mass is 390 g/mol. The predicted octanol–water partition coefficient (Wildman–Crippen LogP) is 4.20. The highest BCUT2D eigenvalue weighted by Gasteiger charge is 2.18. The van der Waals surface area contributed by atoms with Crippen LogP contribution < -0.4 is 10.1 Å². The van der Waals surface area contributed by atoms with Gasteiger partial charge in [-0.05, 0) is 42.8 Å². The second-order valence-corrected chi connectivity index (χ2v) is 7.76. The molecule has 4 nitrogen and oxygen atoms in total. The van der Waals surface area contributed by atoms with Crippen molar-refractivity contribution >= 4 is 18.3 Å². The molecule has 1 amide bonds. The largest absolute Gasteiger partial charge is 0.484 e. The van der Waals surface area contributed by atoms with Crippen LogP contribution in [0.2, 0.25) is 0 Å². The molecule has 5 heteroatoms. The van der Waals surface area contributed by atoms with Gasteiger partial charge in [0.05, 0.1) is 6.04 Å². The van der Waals surface area contributed by atoms with Crippen LogP contribution in [-0.4, -0.2) is 38.1 Å². The fourth-order valence-electron chi connectivity index (χ4n) is 2.73. The van der Waals surface area contributed by atoms with E-state index in [9.17, 15) is 4.79 Å². The molecule has 0 aromatic heterocycles. The van der Waals surface area contributed by atoms with Gasteiger partial charge in [0.25, 0.3) is 5.91 Å². The molecule has 27 heavy (non-hydrogen) atoms. The molecule has 0 fully saturated rings. The van der Waals surface area contributed by atoms with Gasteiger partial charge in [0.2, 0.25) is 0 Å². The number of hydrogen-bond acceptors (Lipinski definition) is 3. The van der Waals surface area contributed by atoms with E-state index in [1.807, 2.05) is 44.4 Å². The van der Waals surface area contributed by atoms with Gasteiger partial charge < -0.3 is 15.0 Å². The van der Waals surface area contributed by atoms with Crippen molar-refractivity contribution in [2.75, 3.05) is 27.2 Å². The number of halogens is 1. The average Bonchev–Trinajstić information content (AvgIpc) is 2.60. The lowest BCUT2D eigenvalue weighted by atomic mass is 9.86. The summed E-state index contributed by atoms with van der Waals surface area (Å²) in [6, 6.07) is 18.1. The number of rotatable bonds is 7. The minimum Gasteiger partial charge on any atom is -0.484 e. The predicted molar refractivity (Wildman–Crippen MR) is 114 cm³/mol. The van der Waals surface area contributed by atoms with Crippen LogP contribution in [-0.2, 0) is 10.2 Å². The Kier molecular flexibility index (Phi) is 8.80. The SMILES string of the molecule is CN(C)C(CNC(=O)COc1ccccc1)c1ccc(C(C)(C)C)cc1.Cl. The van der Waals surface area contributed by atoms with Gasteiger partial charge in [0.1, 0.15) is 5.75 Å². The maximum Gasteiger partial charge on any atom is 0.258 e. The molecule has 2 aromatic rings.